The van der Waals surface area contributed by atoms with Gasteiger partial charge in [0.25, 0.3) is 0 Å². The minimum atomic E-state index is -0.508. The number of carbonyl (C=O) groups excluding carboxylic acids is 3. The molecule has 14 heavy (non-hydrogen) atoms. The van der Waals surface area contributed by atoms with Gasteiger partial charge < -0.3 is 10.1 Å². The number of carbonyl (C=O) groups is 3. The van der Waals surface area contributed by atoms with E-state index in [9.17, 15) is 14.4 Å². The van der Waals surface area contributed by atoms with E-state index < -0.39 is 6.04 Å². The van der Waals surface area contributed by atoms with Crippen LogP contribution in [-0.4, -0.2) is 23.5 Å². The summed E-state index contributed by atoms with van der Waals surface area (Å²) in [6.07, 6.45) is 1.08. The lowest BCUT2D eigenvalue weighted by atomic mass is 10.1. The molecule has 0 fully saturated rings. The molecule has 0 heterocycles. The summed E-state index contributed by atoms with van der Waals surface area (Å²) in [5.41, 5.74) is 0. The maximum atomic E-state index is 11.1. The first-order valence-electron chi connectivity index (χ1n) is 4.76. The number of hydrogen-bond acceptors (Lipinski definition) is 3. The molecule has 1 N–H and O–H groups in total. The van der Waals surface area contributed by atoms with Gasteiger partial charge in [0.05, 0.1) is 6.04 Å². The Hall–Kier alpha value is -1.19. The summed E-state index contributed by atoms with van der Waals surface area (Å²) in [4.78, 5) is 32.8. The molecule has 0 saturated carbocycles. The summed E-state index contributed by atoms with van der Waals surface area (Å²) >= 11 is 0. The van der Waals surface area contributed by atoms with Crippen LogP contribution in [0.2, 0.25) is 0 Å². The van der Waals surface area contributed by atoms with E-state index in [4.69, 9.17) is 0 Å². The first-order chi connectivity index (χ1) is 6.47. The second kappa shape index (κ2) is 6.29. The Morgan fingerprint density at radius 2 is 1.79 bits per heavy atom. The van der Waals surface area contributed by atoms with Crippen molar-refractivity contribution in [2.45, 2.75) is 46.1 Å². The van der Waals surface area contributed by atoms with Crippen molar-refractivity contribution in [2.75, 3.05) is 0 Å². The molecule has 0 bridgehead atoms. The maximum absolute atomic E-state index is 11.1. The third-order valence-corrected chi connectivity index (χ3v) is 1.93. The van der Waals surface area contributed by atoms with Crippen molar-refractivity contribution < 1.29 is 14.4 Å². The van der Waals surface area contributed by atoms with Crippen LogP contribution in [0.4, 0.5) is 0 Å². The molecule has 0 aliphatic rings. The highest BCUT2D eigenvalue weighted by atomic mass is 16.2. The molecular formula is C10H17NO3. The van der Waals surface area contributed by atoms with Crippen molar-refractivity contribution >= 4 is 17.5 Å². The van der Waals surface area contributed by atoms with E-state index in [1.54, 1.807) is 6.92 Å². The van der Waals surface area contributed by atoms with Crippen LogP contribution in [0, 0.1) is 0 Å². The highest BCUT2D eigenvalue weighted by molar-refractivity contribution is 5.88. The molecule has 0 radical (unpaired) electrons. The first-order valence-corrected chi connectivity index (χ1v) is 4.76. The van der Waals surface area contributed by atoms with Gasteiger partial charge in [-0.1, -0.05) is 6.92 Å². The van der Waals surface area contributed by atoms with E-state index in [1.807, 2.05) is 0 Å². The molecule has 0 spiro atoms. The zero-order chi connectivity index (χ0) is 11.1. The summed E-state index contributed by atoms with van der Waals surface area (Å²) in [7, 11) is 0. The molecule has 1 unspecified atom stereocenters. The fraction of sp³-hybridized carbons (Fsp3) is 0.700. The summed E-state index contributed by atoms with van der Waals surface area (Å²) in [6, 6.07) is -0.508. The van der Waals surface area contributed by atoms with Crippen LogP contribution in [0.25, 0.3) is 0 Å². The van der Waals surface area contributed by atoms with Crippen molar-refractivity contribution in [2.24, 2.45) is 0 Å². The van der Waals surface area contributed by atoms with Gasteiger partial charge in [-0.3, -0.25) is 9.59 Å². The van der Waals surface area contributed by atoms with Gasteiger partial charge in [-0.25, -0.2) is 0 Å². The van der Waals surface area contributed by atoms with Gasteiger partial charge >= 0.3 is 0 Å². The van der Waals surface area contributed by atoms with Gasteiger partial charge in [-0.15, -0.1) is 0 Å². The first kappa shape index (κ1) is 12.8. The Morgan fingerprint density at radius 1 is 1.21 bits per heavy atom. The highest BCUT2D eigenvalue weighted by Gasteiger charge is 2.16. The van der Waals surface area contributed by atoms with E-state index >= 15 is 0 Å². The van der Waals surface area contributed by atoms with Crippen molar-refractivity contribution in [1.82, 2.24) is 5.32 Å². The van der Waals surface area contributed by atoms with Gasteiger partial charge in [-0.2, -0.15) is 0 Å². The van der Waals surface area contributed by atoms with Gasteiger partial charge in [-0.05, 0) is 20.3 Å². The largest absolute Gasteiger partial charge is 0.346 e. The average Bonchev–Trinajstić information content (AvgIpc) is 2.10. The normalized spacial score (nSPS) is 11.9. The van der Waals surface area contributed by atoms with Crippen LogP contribution in [0.15, 0.2) is 0 Å². The molecule has 1 atom stereocenters. The van der Waals surface area contributed by atoms with E-state index in [2.05, 4.69) is 5.32 Å². The number of nitrogens with one attached hydrogen (secondary N) is 1. The van der Waals surface area contributed by atoms with Crippen LogP contribution >= 0.6 is 0 Å². The molecule has 0 saturated heterocycles. The molecule has 4 heteroatoms. The van der Waals surface area contributed by atoms with Gasteiger partial charge in [0, 0.05) is 12.8 Å². The lowest BCUT2D eigenvalue weighted by Gasteiger charge is -2.14. The number of ketones is 2. The Balaban J connectivity index is 4.09. The molecule has 0 aromatic carbocycles. The van der Waals surface area contributed by atoms with E-state index in [1.165, 1.54) is 13.8 Å². The lowest BCUT2D eigenvalue weighted by molar-refractivity contribution is -0.127. The third-order valence-electron chi connectivity index (χ3n) is 1.93. The Labute approximate surface area is 84.1 Å². The minimum absolute atomic E-state index is 0.0296. The molecule has 0 rings (SSSR count). The van der Waals surface area contributed by atoms with Gasteiger partial charge in [0.15, 0.2) is 5.78 Å². The molecule has 4 nitrogen and oxygen atoms in total. The molecule has 0 aromatic rings. The second-order valence-corrected chi connectivity index (χ2v) is 3.32. The smallest absolute Gasteiger partial charge is 0.220 e. The molecule has 0 aromatic heterocycles. The monoisotopic (exact) mass is 199 g/mol. The summed E-state index contributed by atoms with van der Waals surface area (Å²) in [5, 5.41) is 2.58. The molecular weight excluding hydrogens is 182 g/mol. The van der Waals surface area contributed by atoms with Crippen LogP contribution in [0.1, 0.15) is 40.0 Å². The number of rotatable bonds is 6. The second-order valence-electron chi connectivity index (χ2n) is 3.32. The fourth-order valence-electron chi connectivity index (χ4n) is 1.02. The lowest BCUT2D eigenvalue weighted by Crippen LogP contribution is -2.39. The average molecular weight is 199 g/mol. The number of Topliss-reactive ketones (excluding diaryl/α,β-unsaturated/α-hetero) is 2. The van der Waals surface area contributed by atoms with E-state index in [0.29, 0.717) is 19.3 Å². The van der Waals surface area contributed by atoms with Crippen molar-refractivity contribution in [3.63, 3.8) is 0 Å². The Kier molecular flexibility index (Phi) is 5.76. The van der Waals surface area contributed by atoms with Crippen LogP contribution in [-0.2, 0) is 14.4 Å². The Morgan fingerprint density at radius 3 is 2.14 bits per heavy atom. The molecule has 0 aliphatic carbocycles. The minimum Gasteiger partial charge on any atom is -0.346 e. The summed E-state index contributed by atoms with van der Waals surface area (Å²) in [5.74, 6) is -0.233. The predicted octanol–water partition coefficient (Wildman–Crippen LogP) is 0.839. The highest BCUT2D eigenvalue weighted by Crippen LogP contribution is 2.00. The number of hydrogen-bond donors (Lipinski definition) is 1. The Bertz CT molecular complexity index is 236. The molecule has 0 aliphatic heterocycles. The van der Waals surface area contributed by atoms with Crippen LogP contribution in [0.5, 0.6) is 0 Å². The van der Waals surface area contributed by atoms with Crippen molar-refractivity contribution in [3.05, 3.63) is 0 Å². The summed E-state index contributed by atoms with van der Waals surface area (Å²) < 4.78 is 0. The van der Waals surface area contributed by atoms with E-state index in [-0.39, 0.29) is 17.5 Å². The topological polar surface area (TPSA) is 63.2 Å². The van der Waals surface area contributed by atoms with Crippen LogP contribution < -0.4 is 5.32 Å². The zero-order valence-electron chi connectivity index (χ0n) is 8.92. The standard InChI is InChI=1S/C10H17NO3/c1-4-10(14)11-9(8(3)13)6-5-7(2)12/h9H,4-6H2,1-3H3,(H,11,14). The molecule has 1 amide bonds. The van der Waals surface area contributed by atoms with Crippen molar-refractivity contribution in [1.29, 1.82) is 0 Å². The summed E-state index contributed by atoms with van der Waals surface area (Å²) in [6.45, 7) is 4.61. The maximum Gasteiger partial charge on any atom is 0.220 e. The van der Waals surface area contributed by atoms with Gasteiger partial charge in [0.1, 0.15) is 5.78 Å². The van der Waals surface area contributed by atoms with Crippen LogP contribution in [0.3, 0.4) is 0 Å². The number of amides is 1. The predicted molar refractivity (Wildman–Crippen MR) is 52.8 cm³/mol. The SMILES string of the molecule is CCC(=O)NC(CCC(C)=O)C(C)=O. The molecule has 80 valence electrons. The third kappa shape index (κ3) is 5.45. The van der Waals surface area contributed by atoms with E-state index in [0.717, 1.165) is 0 Å². The zero-order valence-corrected chi connectivity index (χ0v) is 8.92. The van der Waals surface area contributed by atoms with Gasteiger partial charge in [0.2, 0.25) is 5.91 Å². The fourth-order valence-corrected chi connectivity index (χ4v) is 1.02. The van der Waals surface area contributed by atoms with Crippen molar-refractivity contribution in [3.8, 4) is 0 Å². The quantitative estimate of drug-likeness (QED) is 0.689.